The number of hydrazone groups is 1. The molecular formula is C25H27F2N7O3. The smallest absolute Gasteiger partial charge is 0.245 e. The number of carbonyl (C=O) groups excluding carboxylic acids is 1. The van der Waals surface area contributed by atoms with Crippen molar-refractivity contribution in [3.8, 4) is 11.5 Å². The molecule has 0 saturated carbocycles. The number of halogens is 2. The van der Waals surface area contributed by atoms with Gasteiger partial charge in [0.2, 0.25) is 5.91 Å². The van der Waals surface area contributed by atoms with Crippen molar-refractivity contribution in [1.29, 1.82) is 0 Å². The number of hydrogen-bond acceptors (Lipinski definition) is 9. The van der Waals surface area contributed by atoms with Gasteiger partial charge >= 0.3 is 0 Å². The molecule has 1 aliphatic heterocycles. The average molecular weight is 512 g/mol. The van der Waals surface area contributed by atoms with Gasteiger partial charge in [-0.05, 0) is 31.5 Å². The van der Waals surface area contributed by atoms with E-state index in [0.717, 1.165) is 25.5 Å². The first-order valence-electron chi connectivity index (χ1n) is 11.6. The van der Waals surface area contributed by atoms with Gasteiger partial charge < -0.3 is 30.8 Å². The maximum Gasteiger partial charge on any atom is 0.245 e. The monoisotopic (exact) mass is 511 g/mol. The van der Waals surface area contributed by atoms with Crippen LogP contribution in [-0.2, 0) is 4.79 Å². The number of hydrogen-bond donors (Lipinski definition) is 4. The van der Waals surface area contributed by atoms with Crippen molar-refractivity contribution in [2.45, 2.75) is 18.9 Å². The molecule has 1 aromatic heterocycles. The zero-order chi connectivity index (χ0) is 26.2. The van der Waals surface area contributed by atoms with Gasteiger partial charge in [-0.15, -0.1) is 0 Å². The molecule has 4 rings (SSSR count). The van der Waals surface area contributed by atoms with Crippen LogP contribution in [0.1, 0.15) is 12.8 Å². The number of benzene rings is 2. The fourth-order valence-electron chi connectivity index (χ4n) is 3.77. The van der Waals surface area contributed by atoms with Crippen molar-refractivity contribution in [1.82, 2.24) is 20.7 Å². The summed E-state index contributed by atoms with van der Waals surface area (Å²) in [6, 6.07) is 7.35. The largest absolute Gasteiger partial charge is 0.497 e. The third kappa shape index (κ3) is 6.67. The van der Waals surface area contributed by atoms with E-state index in [1.165, 1.54) is 24.7 Å². The molecule has 0 spiro atoms. The van der Waals surface area contributed by atoms with Crippen LogP contribution >= 0.6 is 0 Å². The average Bonchev–Trinajstić information content (AvgIpc) is 3.41. The van der Waals surface area contributed by atoms with Gasteiger partial charge in [0, 0.05) is 18.2 Å². The lowest BCUT2D eigenvalue weighted by Crippen LogP contribution is -2.28. The minimum absolute atomic E-state index is 0.254. The summed E-state index contributed by atoms with van der Waals surface area (Å²) in [6.07, 6.45) is 4.92. The van der Waals surface area contributed by atoms with Crippen LogP contribution in [0, 0.1) is 11.6 Å². The second kappa shape index (κ2) is 12.1. The Labute approximate surface area is 212 Å². The van der Waals surface area contributed by atoms with Crippen LogP contribution in [0.3, 0.4) is 0 Å². The number of fused-ring (bicyclic) bond motifs is 1. The summed E-state index contributed by atoms with van der Waals surface area (Å²) in [5.41, 5.74) is 3.26. The van der Waals surface area contributed by atoms with Crippen LogP contribution in [-0.4, -0.2) is 54.9 Å². The lowest BCUT2D eigenvalue weighted by molar-refractivity contribution is -0.115. The molecule has 10 nitrogen and oxygen atoms in total. The Balaban J connectivity index is 1.39. The molecule has 1 aliphatic rings. The number of aromatic nitrogens is 2. The third-order valence-corrected chi connectivity index (χ3v) is 5.57. The molecule has 1 atom stereocenters. The fourth-order valence-corrected chi connectivity index (χ4v) is 3.77. The number of ether oxygens (including phenoxy) is 2. The zero-order valence-electron chi connectivity index (χ0n) is 20.2. The van der Waals surface area contributed by atoms with E-state index in [1.54, 1.807) is 19.2 Å². The van der Waals surface area contributed by atoms with E-state index in [4.69, 9.17) is 9.47 Å². The first-order valence-corrected chi connectivity index (χ1v) is 11.6. The molecule has 194 valence electrons. The second-order valence-electron chi connectivity index (χ2n) is 8.24. The van der Waals surface area contributed by atoms with Crippen molar-refractivity contribution < 1.29 is 23.0 Å². The summed E-state index contributed by atoms with van der Waals surface area (Å²) in [5, 5.41) is 13.3. The quantitative estimate of drug-likeness (QED) is 0.229. The van der Waals surface area contributed by atoms with Gasteiger partial charge in [0.25, 0.3) is 0 Å². The molecule has 0 aliphatic carbocycles. The van der Waals surface area contributed by atoms with Gasteiger partial charge in [-0.1, -0.05) is 12.6 Å². The highest BCUT2D eigenvalue weighted by Gasteiger charge is 2.18. The van der Waals surface area contributed by atoms with Crippen molar-refractivity contribution in [2.75, 3.05) is 37.4 Å². The Kier molecular flexibility index (Phi) is 8.41. The van der Waals surface area contributed by atoms with Crippen LogP contribution in [0.2, 0.25) is 0 Å². The van der Waals surface area contributed by atoms with E-state index in [-0.39, 0.29) is 18.3 Å². The predicted octanol–water partition coefficient (Wildman–Crippen LogP) is 3.19. The summed E-state index contributed by atoms with van der Waals surface area (Å²) in [5.74, 6) is -1.16. The lowest BCUT2D eigenvalue weighted by atomic mass is 10.2. The van der Waals surface area contributed by atoms with E-state index in [9.17, 15) is 13.6 Å². The van der Waals surface area contributed by atoms with Crippen molar-refractivity contribution >= 4 is 34.5 Å². The molecule has 1 amide bonds. The number of anilines is 2. The maximum atomic E-state index is 13.7. The second-order valence-corrected chi connectivity index (χ2v) is 8.24. The summed E-state index contributed by atoms with van der Waals surface area (Å²) in [6.45, 7) is 5.09. The van der Waals surface area contributed by atoms with Gasteiger partial charge in [0.1, 0.15) is 36.8 Å². The summed E-state index contributed by atoms with van der Waals surface area (Å²) in [7, 11) is 1.57. The number of nitrogens with one attached hydrogen (secondary N) is 4. The molecule has 1 fully saturated rings. The van der Waals surface area contributed by atoms with Crippen LogP contribution in [0.4, 0.5) is 20.3 Å². The SMILES string of the molecule is C=C(/C=N\NCC(=O)Nc1cccc(F)c1F)Nc1ncnc2cc(OC)cc(OC[C@H]3CCCN3)c12. The molecule has 0 bridgehead atoms. The van der Waals surface area contributed by atoms with Crippen molar-refractivity contribution in [2.24, 2.45) is 5.10 Å². The molecule has 12 heteroatoms. The first-order chi connectivity index (χ1) is 17.9. The molecule has 0 unspecified atom stereocenters. The van der Waals surface area contributed by atoms with Crippen LogP contribution in [0.25, 0.3) is 10.9 Å². The Bertz CT molecular complexity index is 1310. The summed E-state index contributed by atoms with van der Waals surface area (Å²) >= 11 is 0. The van der Waals surface area contributed by atoms with Crippen LogP contribution in [0.15, 0.2) is 54.0 Å². The fraction of sp³-hybridized carbons (Fsp3) is 0.280. The van der Waals surface area contributed by atoms with Gasteiger partial charge in [0.15, 0.2) is 11.6 Å². The molecule has 37 heavy (non-hydrogen) atoms. The number of nitrogens with zero attached hydrogens (tertiary/aromatic N) is 3. The van der Waals surface area contributed by atoms with Gasteiger partial charge in [0.05, 0.1) is 35.6 Å². The molecule has 4 N–H and O–H groups in total. The van der Waals surface area contributed by atoms with Gasteiger partial charge in [-0.2, -0.15) is 5.10 Å². The Morgan fingerprint density at radius 3 is 2.95 bits per heavy atom. The maximum absolute atomic E-state index is 13.7. The van der Waals surface area contributed by atoms with E-state index in [0.29, 0.717) is 40.5 Å². The van der Waals surface area contributed by atoms with Crippen LogP contribution in [0.5, 0.6) is 11.5 Å². The number of methoxy groups -OCH3 is 1. The topological polar surface area (TPSA) is 122 Å². The van der Waals surface area contributed by atoms with Crippen molar-refractivity contribution in [3.05, 3.63) is 60.6 Å². The van der Waals surface area contributed by atoms with Gasteiger partial charge in [-0.25, -0.2) is 18.7 Å². The van der Waals surface area contributed by atoms with Crippen LogP contribution < -0.4 is 30.8 Å². The van der Waals surface area contributed by atoms with Gasteiger partial charge in [-0.3, -0.25) is 4.79 Å². The summed E-state index contributed by atoms with van der Waals surface area (Å²) in [4.78, 5) is 20.7. The Morgan fingerprint density at radius 1 is 1.30 bits per heavy atom. The number of allylic oxidation sites excluding steroid dienone is 1. The standard InChI is InChI=1S/C25H27F2N7O3/c1-15(11-31-32-12-22(35)34-19-7-3-6-18(26)24(19)27)33-25-23-20(29-14-30-25)9-17(36-2)10-21(23)37-13-16-5-4-8-28-16/h3,6-7,9-11,14,16,28,32H,1,4-5,8,12-13H2,2H3,(H,34,35)(H,29,30,33)/b31-11-/t16-/m1/s1. The molecule has 0 radical (unpaired) electrons. The highest BCUT2D eigenvalue weighted by atomic mass is 19.2. The molecule has 1 saturated heterocycles. The van der Waals surface area contributed by atoms with E-state index < -0.39 is 17.5 Å². The molecule has 3 aromatic rings. The predicted molar refractivity (Wildman–Crippen MR) is 137 cm³/mol. The van der Waals surface area contributed by atoms with E-state index in [1.807, 2.05) is 0 Å². The summed E-state index contributed by atoms with van der Waals surface area (Å²) < 4.78 is 38.5. The first kappa shape index (κ1) is 25.8. The van der Waals surface area contributed by atoms with E-state index in [2.05, 4.69) is 43.0 Å². The number of amides is 1. The van der Waals surface area contributed by atoms with E-state index >= 15 is 0 Å². The third-order valence-electron chi connectivity index (χ3n) is 5.57. The molecule has 2 aromatic carbocycles. The highest BCUT2D eigenvalue weighted by Crippen LogP contribution is 2.34. The highest BCUT2D eigenvalue weighted by molar-refractivity contribution is 5.98. The Morgan fingerprint density at radius 2 is 2.16 bits per heavy atom. The molecule has 2 heterocycles. The number of carbonyl (C=O) groups is 1. The zero-order valence-corrected chi connectivity index (χ0v) is 20.2. The normalized spacial score (nSPS) is 15.1. The minimum atomic E-state index is -1.13. The minimum Gasteiger partial charge on any atom is -0.497 e. The molecular weight excluding hydrogens is 484 g/mol. The van der Waals surface area contributed by atoms with Crippen molar-refractivity contribution in [3.63, 3.8) is 0 Å². The lowest BCUT2D eigenvalue weighted by Gasteiger charge is -2.16. The Hall–Kier alpha value is -4.32. The number of rotatable bonds is 11.